The third-order valence-corrected chi connectivity index (χ3v) is 4.38. The highest BCUT2D eigenvalue weighted by Crippen LogP contribution is 2.31. The summed E-state index contributed by atoms with van der Waals surface area (Å²) in [6.07, 6.45) is 3.18. The lowest BCUT2D eigenvalue weighted by molar-refractivity contribution is -0.122. The van der Waals surface area contributed by atoms with Gasteiger partial charge in [-0.2, -0.15) is 0 Å². The Kier molecular flexibility index (Phi) is 7.46. The number of fused-ring (bicyclic) bond motifs is 1. The molecule has 124 valence electrons. The second kappa shape index (κ2) is 8.61. The first-order valence-electron chi connectivity index (χ1n) is 7.61. The molecule has 2 aliphatic rings. The molecule has 2 N–H and O–H groups in total. The standard InChI is InChI=1S/C16H23N3O.2ClH/c1-12-11-13-5-2-3-7-15(13)19(12)10-9-18-16(20)14-6-4-8-17-14;;/h2-3,5,7,12,14,17H,4,6,8-11H2,1H3,(H,18,20);2*1H. The molecule has 0 bridgehead atoms. The van der Waals surface area contributed by atoms with Crippen molar-refractivity contribution in [2.75, 3.05) is 24.5 Å². The Labute approximate surface area is 144 Å². The van der Waals surface area contributed by atoms with Gasteiger partial charge in [0, 0.05) is 24.8 Å². The number of nitrogens with one attached hydrogen (secondary N) is 2. The number of halogens is 2. The normalized spacial score (nSPS) is 22.5. The lowest BCUT2D eigenvalue weighted by Crippen LogP contribution is -2.44. The molecule has 1 aromatic carbocycles. The summed E-state index contributed by atoms with van der Waals surface area (Å²) in [5.41, 5.74) is 2.75. The zero-order valence-electron chi connectivity index (χ0n) is 12.9. The predicted molar refractivity (Wildman–Crippen MR) is 95.5 cm³/mol. The molecule has 3 rings (SSSR count). The van der Waals surface area contributed by atoms with Gasteiger partial charge in [-0.3, -0.25) is 4.79 Å². The highest BCUT2D eigenvalue weighted by Gasteiger charge is 2.26. The van der Waals surface area contributed by atoms with Crippen molar-refractivity contribution in [1.29, 1.82) is 0 Å². The maximum absolute atomic E-state index is 12.0. The number of rotatable bonds is 4. The summed E-state index contributed by atoms with van der Waals surface area (Å²) < 4.78 is 0. The fourth-order valence-corrected chi connectivity index (χ4v) is 3.30. The van der Waals surface area contributed by atoms with Crippen LogP contribution in [0.4, 0.5) is 5.69 Å². The average Bonchev–Trinajstić information content (AvgIpc) is 3.07. The van der Waals surface area contributed by atoms with Crippen LogP contribution in [0.15, 0.2) is 24.3 Å². The molecule has 4 nitrogen and oxygen atoms in total. The molecule has 0 spiro atoms. The fraction of sp³-hybridized carbons (Fsp3) is 0.562. The number of para-hydroxylation sites is 1. The Balaban J connectivity index is 0.00000121. The zero-order valence-corrected chi connectivity index (χ0v) is 14.5. The van der Waals surface area contributed by atoms with Gasteiger partial charge in [-0.1, -0.05) is 18.2 Å². The number of carbonyl (C=O) groups is 1. The molecule has 2 atom stereocenters. The van der Waals surface area contributed by atoms with Crippen LogP contribution in [0.3, 0.4) is 0 Å². The number of benzene rings is 1. The van der Waals surface area contributed by atoms with Crippen LogP contribution >= 0.6 is 24.8 Å². The summed E-state index contributed by atoms with van der Waals surface area (Å²) in [4.78, 5) is 14.4. The van der Waals surface area contributed by atoms with Crippen molar-refractivity contribution in [2.24, 2.45) is 0 Å². The number of hydrogen-bond acceptors (Lipinski definition) is 3. The van der Waals surface area contributed by atoms with Gasteiger partial charge in [0.15, 0.2) is 0 Å². The summed E-state index contributed by atoms with van der Waals surface area (Å²) in [5.74, 6) is 0.155. The Morgan fingerprint density at radius 2 is 2.14 bits per heavy atom. The lowest BCUT2D eigenvalue weighted by atomic mass is 10.1. The largest absolute Gasteiger partial charge is 0.367 e. The van der Waals surface area contributed by atoms with Gasteiger partial charge < -0.3 is 15.5 Å². The number of hydrogen-bond donors (Lipinski definition) is 2. The molecule has 0 aromatic heterocycles. The van der Waals surface area contributed by atoms with E-state index in [0.717, 1.165) is 38.9 Å². The van der Waals surface area contributed by atoms with Crippen LogP contribution in [0, 0.1) is 0 Å². The Bertz CT molecular complexity index is 492. The maximum atomic E-state index is 12.0. The number of carbonyl (C=O) groups excluding carboxylic acids is 1. The van der Waals surface area contributed by atoms with Crippen molar-refractivity contribution in [1.82, 2.24) is 10.6 Å². The minimum absolute atomic E-state index is 0. The molecular formula is C16H25Cl2N3O. The van der Waals surface area contributed by atoms with Crippen LogP contribution in [0.5, 0.6) is 0 Å². The first-order valence-corrected chi connectivity index (χ1v) is 7.61. The van der Waals surface area contributed by atoms with E-state index in [1.54, 1.807) is 0 Å². The molecule has 1 aromatic rings. The van der Waals surface area contributed by atoms with E-state index in [-0.39, 0.29) is 36.8 Å². The minimum atomic E-state index is 0. The van der Waals surface area contributed by atoms with E-state index in [4.69, 9.17) is 0 Å². The lowest BCUT2D eigenvalue weighted by Gasteiger charge is -2.25. The minimum Gasteiger partial charge on any atom is -0.367 e. The molecule has 2 aliphatic heterocycles. The van der Waals surface area contributed by atoms with Crippen LogP contribution in [0.2, 0.25) is 0 Å². The van der Waals surface area contributed by atoms with Gasteiger partial charge in [-0.25, -0.2) is 0 Å². The SMILES string of the molecule is CC1Cc2ccccc2N1CCNC(=O)C1CCCN1.Cl.Cl. The van der Waals surface area contributed by atoms with E-state index < -0.39 is 0 Å². The van der Waals surface area contributed by atoms with E-state index >= 15 is 0 Å². The van der Waals surface area contributed by atoms with Crippen molar-refractivity contribution < 1.29 is 4.79 Å². The molecule has 0 aliphatic carbocycles. The molecule has 2 heterocycles. The molecule has 2 unspecified atom stereocenters. The van der Waals surface area contributed by atoms with Gasteiger partial charge >= 0.3 is 0 Å². The summed E-state index contributed by atoms with van der Waals surface area (Å²) >= 11 is 0. The van der Waals surface area contributed by atoms with Crippen molar-refractivity contribution in [2.45, 2.75) is 38.3 Å². The third kappa shape index (κ3) is 4.06. The average molecular weight is 346 g/mol. The Morgan fingerprint density at radius 3 is 2.86 bits per heavy atom. The smallest absolute Gasteiger partial charge is 0.237 e. The second-order valence-electron chi connectivity index (χ2n) is 5.82. The summed E-state index contributed by atoms with van der Waals surface area (Å²) in [5, 5.41) is 6.29. The van der Waals surface area contributed by atoms with Crippen LogP contribution < -0.4 is 15.5 Å². The first kappa shape index (κ1) is 19.1. The van der Waals surface area contributed by atoms with Crippen LogP contribution in [-0.4, -0.2) is 37.6 Å². The van der Waals surface area contributed by atoms with Gasteiger partial charge in [0.1, 0.15) is 0 Å². The summed E-state index contributed by atoms with van der Waals surface area (Å²) in [6, 6.07) is 9.12. The van der Waals surface area contributed by atoms with E-state index in [2.05, 4.69) is 46.7 Å². The van der Waals surface area contributed by atoms with Gasteiger partial charge in [-0.15, -0.1) is 24.8 Å². The zero-order chi connectivity index (χ0) is 13.9. The molecule has 0 radical (unpaired) electrons. The van der Waals surface area contributed by atoms with Gasteiger partial charge in [0.05, 0.1) is 6.04 Å². The molecule has 6 heteroatoms. The summed E-state index contributed by atoms with van der Waals surface area (Å²) in [7, 11) is 0. The molecule has 0 saturated carbocycles. The maximum Gasteiger partial charge on any atom is 0.237 e. The first-order chi connectivity index (χ1) is 9.75. The quantitative estimate of drug-likeness (QED) is 0.878. The van der Waals surface area contributed by atoms with Crippen LogP contribution in [0.25, 0.3) is 0 Å². The van der Waals surface area contributed by atoms with Crippen molar-refractivity contribution in [3.05, 3.63) is 29.8 Å². The molecule has 1 fully saturated rings. The van der Waals surface area contributed by atoms with E-state index in [9.17, 15) is 4.79 Å². The number of amides is 1. The highest BCUT2D eigenvalue weighted by atomic mass is 35.5. The van der Waals surface area contributed by atoms with E-state index in [0.29, 0.717) is 6.04 Å². The Hall–Kier alpha value is -0.970. The van der Waals surface area contributed by atoms with E-state index in [1.807, 2.05) is 0 Å². The summed E-state index contributed by atoms with van der Waals surface area (Å²) in [6.45, 7) is 4.82. The van der Waals surface area contributed by atoms with Gasteiger partial charge in [0.25, 0.3) is 0 Å². The Morgan fingerprint density at radius 1 is 1.36 bits per heavy atom. The van der Waals surface area contributed by atoms with Gasteiger partial charge in [0.2, 0.25) is 5.91 Å². The van der Waals surface area contributed by atoms with Crippen LogP contribution in [-0.2, 0) is 11.2 Å². The third-order valence-electron chi connectivity index (χ3n) is 4.38. The second-order valence-corrected chi connectivity index (χ2v) is 5.82. The van der Waals surface area contributed by atoms with Crippen molar-refractivity contribution in [3.63, 3.8) is 0 Å². The van der Waals surface area contributed by atoms with Crippen LogP contribution in [0.1, 0.15) is 25.3 Å². The molecule has 1 amide bonds. The fourth-order valence-electron chi connectivity index (χ4n) is 3.30. The topological polar surface area (TPSA) is 44.4 Å². The van der Waals surface area contributed by atoms with Crippen molar-refractivity contribution in [3.8, 4) is 0 Å². The van der Waals surface area contributed by atoms with E-state index in [1.165, 1.54) is 11.3 Å². The van der Waals surface area contributed by atoms with Crippen molar-refractivity contribution >= 4 is 36.4 Å². The van der Waals surface area contributed by atoms with Gasteiger partial charge in [-0.05, 0) is 44.4 Å². The molecular weight excluding hydrogens is 321 g/mol. The predicted octanol–water partition coefficient (Wildman–Crippen LogP) is 2.15. The number of nitrogens with zero attached hydrogens (tertiary/aromatic N) is 1. The molecule has 1 saturated heterocycles. The molecule has 22 heavy (non-hydrogen) atoms. The highest BCUT2D eigenvalue weighted by molar-refractivity contribution is 5.85. The monoisotopic (exact) mass is 345 g/mol. The number of anilines is 1.